The molecule has 0 saturated carbocycles. The third-order valence-electron chi connectivity index (χ3n) is 1.39. The van der Waals surface area contributed by atoms with Gasteiger partial charge in [-0.05, 0) is 24.3 Å². The van der Waals surface area contributed by atoms with Crippen LogP contribution in [0.25, 0.3) is 0 Å². The Labute approximate surface area is 76.0 Å². The van der Waals surface area contributed by atoms with Crippen LogP contribution in [0, 0.1) is 12.3 Å². The molecule has 0 atom stereocenters. The van der Waals surface area contributed by atoms with Gasteiger partial charge in [0.25, 0.3) is 0 Å². The van der Waals surface area contributed by atoms with E-state index in [1.807, 2.05) is 0 Å². The van der Waals surface area contributed by atoms with Crippen molar-refractivity contribution in [2.75, 3.05) is 6.61 Å². The molecule has 0 unspecified atom stereocenters. The lowest BCUT2D eigenvalue weighted by atomic mass is 10.2. The number of hydrogen-bond acceptors (Lipinski definition) is 3. The number of terminal acetylenes is 1. The Hall–Kier alpha value is -1.95. The fourth-order valence-corrected chi connectivity index (χ4v) is 0.788. The predicted octanol–water partition coefficient (Wildman–Crippen LogP) is 1.18. The first-order chi connectivity index (χ1) is 6.24. The highest BCUT2D eigenvalue weighted by Crippen LogP contribution is 2.10. The maximum absolute atomic E-state index is 11.1. The molecule has 66 valence electrons. The van der Waals surface area contributed by atoms with Crippen molar-refractivity contribution in [1.29, 1.82) is 0 Å². The van der Waals surface area contributed by atoms with Crippen LogP contribution in [0.4, 0.5) is 0 Å². The van der Waals surface area contributed by atoms with Gasteiger partial charge in [-0.25, -0.2) is 4.79 Å². The molecule has 0 radical (unpaired) electrons. The second-order valence-corrected chi connectivity index (χ2v) is 2.33. The molecule has 3 nitrogen and oxygen atoms in total. The van der Waals surface area contributed by atoms with Crippen LogP contribution in [0.15, 0.2) is 24.3 Å². The van der Waals surface area contributed by atoms with Gasteiger partial charge in [-0.1, -0.05) is 5.92 Å². The fourth-order valence-electron chi connectivity index (χ4n) is 0.788. The van der Waals surface area contributed by atoms with Crippen molar-refractivity contribution in [2.24, 2.45) is 0 Å². The first kappa shape index (κ1) is 9.14. The Morgan fingerprint density at radius 2 is 2.08 bits per heavy atom. The summed E-state index contributed by atoms with van der Waals surface area (Å²) in [6.45, 7) is -0.0420. The van der Waals surface area contributed by atoms with Gasteiger partial charge < -0.3 is 9.84 Å². The summed E-state index contributed by atoms with van der Waals surface area (Å²) >= 11 is 0. The second-order valence-electron chi connectivity index (χ2n) is 2.33. The van der Waals surface area contributed by atoms with Gasteiger partial charge >= 0.3 is 5.97 Å². The Bertz CT molecular complexity index is 332. The summed E-state index contributed by atoms with van der Waals surface area (Å²) < 4.78 is 4.66. The summed E-state index contributed by atoms with van der Waals surface area (Å²) in [5.41, 5.74) is 0.369. The molecule has 13 heavy (non-hydrogen) atoms. The zero-order valence-corrected chi connectivity index (χ0v) is 6.86. The fraction of sp³-hybridized carbons (Fsp3) is 0.100. The number of carbonyl (C=O) groups is 1. The molecule has 1 aromatic carbocycles. The van der Waals surface area contributed by atoms with E-state index in [-0.39, 0.29) is 12.4 Å². The molecule has 0 fully saturated rings. The van der Waals surface area contributed by atoms with Crippen molar-refractivity contribution in [3.05, 3.63) is 29.8 Å². The van der Waals surface area contributed by atoms with E-state index in [1.54, 1.807) is 0 Å². The number of rotatable bonds is 2. The minimum Gasteiger partial charge on any atom is -0.508 e. The third kappa shape index (κ3) is 2.53. The highest BCUT2D eigenvalue weighted by molar-refractivity contribution is 5.89. The average molecular weight is 176 g/mol. The number of benzene rings is 1. The maximum atomic E-state index is 11.1. The molecule has 1 aromatic rings. The van der Waals surface area contributed by atoms with E-state index >= 15 is 0 Å². The van der Waals surface area contributed by atoms with Gasteiger partial charge in [-0.3, -0.25) is 0 Å². The van der Waals surface area contributed by atoms with Crippen LogP contribution in [-0.4, -0.2) is 17.7 Å². The zero-order chi connectivity index (χ0) is 9.68. The predicted molar refractivity (Wildman–Crippen MR) is 47.2 cm³/mol. The number of phenolic OH excluding ortho intramolecular Hbond substituents is 1. The summed E-state index contributed by atoms with van der Waals surface area (Å²) in [4.78, 5) is 11.1. The number of carbonyl (C=O) groups excluding carboxylic acids is 1. The Morgan fingerprint density at radius 3 is 2.62 bits per heavy atom. The normalized spacial score (nSPS) is 8.85. The van der Waals surface area contributed by atoms with Crippen molar-refractivity contribution in [3.63, 3.8) is 0 Å². The van der Waals surface area contributed by atoms with Crippen molar-refractivity contribution in [3.8, 4) is 18.1 Å². The third-order valence-corrected chi connectivity index (χ3v) is 1.39. The molecule has 0 spiro atoms. The van der Waals surface area contributed by atoms with Gasteiger partial charge in [0, 0.05) is 0 Å². The molecule has 1 N–H and O–H groups in total. The smallest absolute Gasteiger partial charge is 0.339 e. The highest BCUT2D eigenvalue weighted by atomic mass is 16.5. The van der Waals surface area contributed by atoms with Crippen molar-refractivity contribution < 1.29 is 14.6 Å². The average Bonchev–Trinajstić information content (AvgIpc) is 2.15. The first-order valence-electron chi connectivity index (χ1n) is 3.63. The van der Waals surface area contributed by atoms with E-state index in [0.29, 0.717) is 5.56 Å². The lowest BCUT2D eigenvalue weighted by Crippen LogP contribution is -2.04. The molecule has 0 aliphatic rings. The molecule has 0 aliphatic carbocycles. The second kappa shape index (κ2) is 4.17. The summed E-state index contributed by atoms with van der Waals surface area (Å²) in [6, 6.07) is 5.75. The molecule has 0 amide bonds. The molecule has 0 saturated heterocycles. The standard InChI is InChI=1S/C10H8O3/c1-2-7-13-10(12)8-3-5-9(11)6-4-8/h1,3-6,11H,7H2. The monoisotopic (exact) mass is 176 g/mol. The molecule has 0 heterocycles. The Balaban J connectivity index is 2.68. The van der Waals surface area contributed by atoms with E-state index in [2.05, 4.69) is 10.7 Å². The van der Waals surface area contributed by atoms with Crippen LogP contribution in [0.5, 0.6) is 5.75 Å². The molecule has 3 heteroatoms. The van der Waals surface area contributed by atoms with E-state index in [0.717, 1.165) is 0 Å². The summed E-state index contributed by atoms with van der Waals surface area (Å²) in [5.74, 6) is 1.80. The van der Waals surface area contributed by atoms with Crippen LogP contribution in [-0.2, 0) is 4.74 Å². The Morgan fingerprint density at radius 1 is 1.46 bits per heavy atom. The van der Waals surface area contributed by atoms with Crippen LogP contribution in [0.2, 0.25) is 0 Å². The van der Waals surface area contributed by atoms with Crippen LogP contribution < -0.4 is 0 Å². The van der Waals surface area contributed by atoms with E-state index < -0.39 is 5.97 Å². The topological polar surface area (TPSA) is 46.5 Å². The van der Waals surface area contributed by atoms with E-state index in [1.165, 1.54) is 24.3 Å². The maximum Gasteiger partial charge on any atom is 0.339 e. The van der Waals surface area contributed by atoms with Crippen molar-refractivity contribution in [1.82, 2.24) is 0 Å². The lowest BCUT2D eigenvalue weighted by Gasteiger charge is -2.00. The van der Waals surface area contributed by atoms with Crippen molar-refractivity contribution in [2.45, 2.75) is 0 Å². The van der Waals surface area contributed by atoms with Gasteiger partial charge in [0.05, 0.1) is 5.56 Å². The van der Waals surface area contributed by atoms with Gasteiger partial charge in [0.1, 0.15) is 5.75 Å². The first-order valence-corrected chi connectivity index (χ1v) is 3.63. The van der Waals surface area contributed by atoms with Crippen LogP contribution in [0.1, 0.15) is 10.4 Å². The molecule has 1 rings (SSSR count). The summed E-state index contributed by atoms with van der Waals surface area (Å²) in [5, 5.41) is 8.93. The molecular formula is C10H8O3. The van der Waals surface area contributed by atoms with Gasteiger partial charge in [0.2, 0.25) is 0 Å². The molecular weight excluding hydrogens is 168 g/mol. The number of phenols is 1. The molecule has 0 aromatic heterocycles. The van der Waals surface area contributed by atoms with Crippen LogP contribution in [0.3, 0.4) is 0 Å². The van der Waals surface area contributed by atoms with Gasteiger partial charge in [0.15, 0.2) is 6.61 Å². The minimum absolute atomic E-state index is 0.0420. The van der Waals surface area contributed by atoms with Gasteiger partial charge in [-0.15, -0.1) is 6.42 Å². The van der Waals surface area contributed by atoms with Crippen molar-refractivity contribution >= 4 is 5.97 Å². The number of ether oxygens (including phenoxy) is 1. The largest absolute Gasteiger partial charge is 0.508 e. The quantitative estimate of drug-likeness (QED) is 0.543. The SMILES string of the molecule is C#CCOC(=O)c1ccc(O)cc1. The van der Waals surface area contributed by atoms with E-state index in [9.17, 15) is 4.79 Å². The highest BCUT2D eigenvalue weighted by Gasteiger charge is 2.04. The molecule has 0 bridgehead atoms. The van der Waals surface area contributed by atoms with Gasteiger partial charge in [-0.2, -0.15) is 0 Å². The minimum atomic E-state index is -0.488. The molecule has 0 aliphatic heterocycles. The zero-order valence-electron chi connectivity index (χ0n) is 6.86. The summed E-state index contributed by atoms with van der Waals surface area (Å²) in [6.07, 6.45) is 4.91. The van der Waals surface area contributed by atoms with E-state index in [4.69, 9.17) is 11.5 Å². The number of hydrogen-bond donors (Lipinski definition) is 1. The lowest BCUT2D eigenvalue weighted by molar-refractivity contribution is 0.0557. The Kier molecular flexibility index (Phi) is 2.93. The van der Waals surface area contributed by atoms with Crippen LogP contribution >= 0.6 is 0 Å². The number of aromatic hydroxyl groups is 1. The number of esters is 1. The summed E-state index contributed by atoms with van der Waals surface area (Å²) in [7, 11) is 0.